The van der Waals surface area contributed by atoms with Crippen LogP contribution in [0.5, 0.6) is 5.75 Å². The number of halogens is 1. The molecule has 1 atom stereocenters. The highest BCUT2D eigenvalue weighted by molar-refractivity contribution is 7.92. The first-order valence-electron chi connectivity index (χ1n) is 8.05. The molecule has 0 bridgehead atoms. The van der Waals surface area contributed by atoms with Crippen molar-refractivity contribution in [2.45, 2.75) is 19.4 Å². The van der Waals surface area contributed by atoms with Crippen molar-refractivity contribution in [3.8, 4) is 5.75 Å². The number of ether oxygens (including phenoxy) is 1. The largest absolute Gasteiger partial charge is 0.478 e. The summed E-state index contributed by atoms with van der Waals surface area (Å²) in [6.07, 6.45) is 0.444. The van der Waals surface area contributed by atoms with Crippen molar-refractivity contribution in [3.05, 3.63) is 53.8 Å². The molecule has 0 saturated heterocycles. The quantitative estimate of drug-likeness (QED) is 0.891. The van der Waals surface area contributed by atoms with E-state index in [1.165, 1.54) is 28.6 Å². The molecule has 138 valence electrons. The average Bonchev–Trinajstić information content (AvgIpc) is 2.76. The Hall–Kier alpha value is -2.61. The molecule has 8 heteroatoms. The van der Waals surface area contributed by atoms with E-state index in [9.17, 15) is 17.6 Å². The van der Waals surface area contributed by atoms with Gasteiger partial charge in [-0.2, -0.15) is 0 Å². The molecule has 1 aliphatic rings. The van der Waals surface area contributed by atoms with Gasteiger partial charge in [0.15, 0.2) is 6.10 Å². The second kappa shape index (κ2) is 6.95. The van der Waals surface area contributed by atoms with Gasteiger partial charge in [-0.25, -0.2) is 12.8 Å². The molecule has 0 aromatic heterocycles. The second-order valence-electron chi connectivity index (χ2n) is 6.20. The fraction of sp³-hybridized carbons (Fsp3) is 0.278. The van der Waals surface area contributed by atoms with Crippen molar-refractivity contribution in [2.75, 3.05) is 22.4 Å². The molecule has 3 rings (SSSR count). The Morgan fingerprint density at radius 3 is 2.58 bits per heavy atom. The van der Waals surface area contributed by atoms with Gasteiger partial charge < -0.3 is 10.1 Å². The van der Waals surface area contributed by atoms with Gasteiger partial charge in [0.1, 0.15) is 11.6 Å². The molecule has 0 saturated carbocycles. The Kier molecular flexibility index (Phi) is 4.86. The molecule has 0 unspecified atom stereocenters. The Morgan fingerprint density at radius 1 is 1.23 bits per heavy atom. The summed E-state index contributed by atoms with van der Waals surface area (Å²) in [5, 5.41) is 2.66. The van der Waals surface area contributed by atoms with Gasteiger partial charge in [0, 0.05) is 18.7 Å². The van der Waals surface area contributed by atoms with Crippen LogP contribution in [0.3, 0.4) is 0 Å². The maximum Gasteiger partial charge on any atom is 0.265 e. The Balaban J connectivity index is 1.86. The van der Waals surface area contributed by atoms with Crippen LogP contribution in [0.4, 0.5) is 15.8 Å². The number of anilines is 2. The monoisotopic (exact) mass is 378 g/mol. The number of hydrogen-bond donors (Lipinski definition) is 1. The van der Waals surface area contributed by atoms with E-state index in [0.717, 1.165) is 11.8 Å². The summed E-state index contributed by atoms with van der Waals surface area (Å²) < 4.78 is 44.3. The van der Waals surface area contributed by atoms with E-state index in [1.807, 2.05) is 6.92 Å². The fourth-order valence-electron chi connectivity index (χ4n) is 2.77. The lowest BCUT2D eigenvalue weighted by Gasteiger charge is -2.21. The zero-order valence-electron chi connectivity index (χ0n) is 14.4. The number of rotatable bonds is 3. The summed E-state index contributed by atoms with van der Waals surface area (Å²) in [4.78, 5) is 12.5. The number of hydrogen-bond acceptors (Lipinski definition) is 4. The van der Waals surface area contributed by atoms with Crippen LogP contribution in [-0.2, 0) is 14.8 Å². The van der Waals surface area contributed by atoms with Gasteiger partial charge in [-0.05, 0) is 48.9 Å². The number of amides is 1. The first-order valence-corrected chi connectivity index (χ1v) is 9.90. The minimum Gasteiger partial charge on any atom is -0.478 e. The molecule has 1 amide bonds. The lowest BCUT2D eigenvalue weighted by Crippen LogP contribution is -2.35. The topological polar surface area (TPSA) is 75.7 Å². The molecule has 0 aliphatic carbocycles. The normalized spacial score (nSPS) is 17.0. The summed E-state index contributed by atoms with van der Waals surface area (Å²) in [5.41, 5.74) is 1.74. The molecule has 0 fully saturated rings. The van der Waals surface area contributed by atoms with Crippen molar-refractivity contribution in [1.29, 1.82) is 0 Å². The van der Waals surface area contributed by atoms with Crippen molar-refractivity contribution < 1.29 is 22.3 Å². The van der Waals surface area contributed by atoms with Gasteiger partial charge in [-0.15, -0.1) is 0 Å². The number of nitrogens with one attached hydrogen (secondary N) is 1. The highest BCUT2D eigenvalue weighted by Crippen LogP contribution is 2.35. The number of aryl methyl sites for hydroxylation is 1. The van der Waals surface area contributed by atoms with Gasteiger partial charge in [0.25, 0.3) is 5.91 Å². The van der Waals surface area contributed by atoms with Crippen LogP contribution in [0, 0.1) is 12.7 Å². The smallest absolute Gasteiger partial charge is 0.265 e. The van der Waals surface area contributed by atoms with Gasteiger partial charge in [-0.3, -0.25) is 9.10 Å². The average molecular weight is 378 g/mol. The second-order valence-corrected chi connectivity index (χ2v) is 8.10. The number of nitrogens with zero attached hydrogens (tertiary/aromatic N) is 1. The van der Waals surface area contributed by atoms with E-state index in [2.05, 4.69) is 5.32 Å². The zero-order valence-corrected chi connectivity index (χ0v) is 15.2. The third kappa shape index (κ3) is 3.96. The van der Waals surface area contributed by atoms with Crippen LogP contribution in [0.25, 0.3) is 0 Å². The first kappa shape index (κ1) is 18.2. The molecular weight excluding hydrogens is 359 g/mol. The van der Waals surface area contributed by atoms with E-state index in [1.54, 1.807) is 18.2 Å². The Morgan fingerprint density at radius 2 is 1.92 bits per heavy atom. The van der Waals surface area contributed by atoms with Crippen LogP contribution < -0.4 is 14.4 Å². The maximum atomic E-state index is 13.0. The SMILES string of the molecule is Cc1ccc2c(c1)N(S(C)(=O)=O)CC[C@@H](C(=O)Nc1ccc(F)cc1)O2. The van der Waals surface area contributed by atoms with Crippen molar-refractivity contribution in [3.63, 3.8) is 0 Å². The lowest BCUT2D eigenvalue weighted by molar-refractivity contribution is -0.122. The molecule has 26 heavy (non-hydrogen) atoms. The van der Waals surface area contributed by atoms with E-state index < -0.39 is 27.9 Å². The molecule has 1 N–H and O–H groups in total. The summed E-state index contributed by atoms with van der Waals surface area (Å²) in [7, 11) is -3.51. The maximum absolute atomic E-state index is 13.0. The minimum absolute atomic E-state index is 0.122. The molecule has 1 aliphatic heterocycles. The molecule has 0 radical (unpaired) electrons. The summed E-state index contributed by atoms with van der Waals surface area (Å²) in [5.74, 6) is -0.488. The summed E-state index contributed by atoms with van der Waals surface area (Å²) in [6.45, 7) is 1.97. The third-order valence-electron chi connectivity index (χ3n) is 4.05. The molecule has 6 nitrogen and oxygen atoms in total. The molecule has 0 spiro atoms. The number of benzene rings is 2. The highest BCUT2D eigenvalue weighted by atomic mass is 32.2. The number of carbonyl (C=O) groups is 1. The van der Waals surface area contributed by atoms with Crippen LogP contribution in [0.15, 0.2) is 42.5 Å². The standard InChI is InChI=1S/C18H19FN2O4S/c1-12-3-8-16-15(11-12)21(26(2,23)24)10-9-17(25-16)18(22)20-14-6-4-13(19)5-7-14/h3-8,11,17H,9-10H2,1-2H3,(H,20,22)/t17-/m0/s1. The molecule has 2 aromatic rings. The van der Waals surface area contributed by atoms with E-state index in [-0.39, 0.29) is 13.0 Å². The third-order valence-corrected chi connectivity index (χ3v) is 5.23. The van der Waals surface area contributed by atoms with Crippen LogP contribution in [0.1, 0.15) is 12.0 Å². The number of fused-ring (bicyclic) bond motifs is 1. The predicted octanol–water partition coefficient (Wildman–Crippen LogP) is 2.69. The van der Waals surface area contributed by atoms with Gasteiger partial charge in [0.2, 0.25) is 10.0 Å². The molecule has 1 heterocycles. The first-order chi connectivity index (χ1) is 12.2. The van der Waals surface area contributed by atoms with E-state index >= 15 is 0 Å². The Bertz CT molecular complexity index is 929. The number of sulfonamides is 1. The summed E-state index contributed by atoms with van der Waals surface area (Å²) in [6, 6.07) is 10.6. The van der Waals surface area contributed by atoms with Crippen LogP contribution in [0.2, 0.25) is 0 Å². The highest BCUT2D eigenvalue weighted by Gasteiger charge is 2.31. The lowest BCUT2D eigenvalue weighted by atomic mass is 10.2. The summed E-state index contributed by atoms with van der Waals surface area (Å²) >= 11 is 0. The van der Waals surface area contributed by atoms with Crippen molar-refractivity contribution >= 4 is 27.3 Å². The van der Waals surface area contributed by atoms with E-state index in [0.29, 0.717) is 17.1 Å². The number of carbonyl (C=O) groups excluding carboxylic acids is 1. The Labute approximate surface area is 151 Å². The molecule has 2 aromatic carbocycles. The molecular formula is C18H19FN2O4S. The van der Waals surface area contributed by atoms with Crippen LogP contribution in [-0.4, -0.2) is 33.2 Å². The zero-order chi connectivity index (χ0) is 18.9. The predicted molar refractivity (Wildman–Crippen MR) is 97.4 cm³/mol. The van der Waals surface area contributed by atoms with Gasteiger partial charge >= 0.3 is 0 Å². The minimum atomic E-state index is -3.51. The van der Waals surface area contributed by atoms with Gasteiger partial charge in [0.05, 0.1) is 11.9 Å². The fourth-order valence-corrected chi connectivity index (χ4v) is 3.71. The van der Waals surface area contributed by atoms with Crippen LogP contribution >= 0.6 is 0 Å². The van der Waals surface area contributed by atoms with E-state index in [4.69, 9.17) is 4.74 Å². The van der Waals surface area contributed by atoms with Crippen molar-refractivity contribution in [2.24, 2.45) is 0 Å². The van der Waals surface area contributed by atoms with Gasteiger partial charge in [-0.1, -0.05) is 6.07 Å². The van der Waals surface area contributed by atoms with Crippen molar-refractivity contribution in [1.82, 2.24) is 0 Å².